The maximum absolute atomic E-state index is 13.9. The summed E-state index contributed by atoms with van der Waals surface area (Å²) in [5, 5.41) is 16.9. The van der Waals surface area contributed by atoms with E-state index < -0.39 is 64.4 Å². The van der Waals surface area contributed by atoms with Crippen molar-refractivity contribution >= 4 is 27.5 Å². The molecule has 0 spiro atoms. The van der Waals surface area contributed by atoms with Crippen LogP contribution in [0.1, 0.15) is 45.7 Å². The summed E-state index contributed by atoms with van der Waals surface area (Å²) in [5.74, 6) is -2.74. The number of amides is 2. The predicted molar refractivity (Wildman–Crippen MR) is 188 cm³/mol. The molecule has 3 N–H and O–H groups in total. The summed E-state index contributed by atoms with van der Waals surface area (Å²) in [5.41, 5.74) is 0.748. The number of rotatable bonds is 17. The number of anilines is 1. The van der Waals surface area contributed by atoms with E-state index in [2.05, 4.69) is 10.6 Å². The zero-order chi connectivity index (χ0) is 37.1. The molecule has 51 heavy (non-hydrogen) atoms. The first kappa shape index (κ1) is 38.7. The summed E-state index contributed by atoms with van der Waals surface area (Å²) in [6.45, 7) is 1.40. The van der Waals surface area contributed by atoms with Gasteiger partial charge in [-0.25, -0.2) is 17.2 Å². The fraction of sp³-hybridized carbons (Fsp3) is 0.297. The van der Waals surface area contributed by atoms with E-state index in [1.54, 1.807) is 31.2 Å². The van der Waals surface area contributed by atoms with Crippen molar-refractivity contribution in [1.29, 1.82) is 0 Å². The second kappa shape index (κ2) is 17.7. The molecule has 14 heteroatoms. The van der Waals surface area contributed by atoms with Gasteiger partial charge in [0.1, 0.15) is 36.3 Å². The fourth-order valence-corrected chi connectivity index (χ4v) is 5.51. The Kier molecular flexibility index (Phi) is 13.5. The molecular formula is C37H41F2N3O8S. The van der Waals surface area contributed by atoms with Crippen molar-refractivity contribution in [2.75, 3.05) is 37.9 Å². The average Bonchev–Trinajstić information content (AvgIpc) is 3.11. The molecule has 0 radical (unpaired) electrons. The highest BCUT2D eigenvalue weighted by molar-refractivity contribution is 7.92. The van der Waals surface area contributed by atoms with Gasteiger partial charge in [-0.15, -0.1) is 0 Å². The van der Waals surface area contributed by atoms with Gasteiger partial charge in [0, 0.05) is 49.9 Å². The minimum absolute atomic E-state index is 0.00276. The molecule has 0 heterocycles. The zero-order valence-corrected chi connectivity index (χ0v) is 29.4. The van der Waals surface area contributed by atoms with Gasteiger partial charge in [0.25, 0.3) is 11.8 Å². The molecule has 0 bridgehead atoms. The summed E-state index contributed by atoms with van der Waals surface area (Å²) in [7, 11) is -1.10. The Morgan fingerprint density at radius 1 is 0.804 bits per heavy atom. The van der Waals surface area contributed by atoms with Crippen LogP contribution < -0.4 is 24.4 Å². The molecule has 4 rings (SSSR count). The number of aliphatic hydroxyl groups excluding tert-OH is 1. The van der Waals surface area contributed by atoms with Gasteiger partial charge in [-0.2, -0.15) is 0 Å². The standard InChI is InChI=1S/C37H41F2N3O8S/c1-24(25-11-7-5-8-12-25)40-36(44)26-15-27(17-30(16-26)42(2)51(4,46)47)37(45)41-34(23-50-32-19-28(38)18-29(39)20-32)35(43)21-33(48-3)22-49-31-13-9-6-10-14-31/h5-20,24,33-35,43H,21-23H2,1-4H3,(H,40,44)(H,41,45)/t24-,33-,34+,35?/m1/s1. The summed E-state index contributed by atoms with van der Waals surface area (Å²) in [6, 6.07) is 23.0. The van der Waals surface area contributed by atoms with Crippen LogP contribution in [0.2, 0.25) is 0 Å². The van der Waals surface area contributed by atoms with Crippen molar-refractivity contribution < 1.29 is 46.1 Å². The molecule has 11 nitrogen and oxygen atoms in total. The third-order valence-corrected chi connectivity index (χ3v) is 9.22. The Morgan fingerprint density at radius 3 is 1.92 bits per heavy atom. The van der Waals surface area contributed by atoms with Crippen molar-refractivity contribution in [1.82, 2.24) is 10.6 Å². The number of ether oxygens (including phenoxy) is 3. The lowest BCUT2D eigenvalue weighted by Gasteiger charge is -2.27. The molecule has 0 aliphatic heterocycles. The van der Waals surface area contributed by atoms with Gasteiger partial charge in [-0.05, 0) is 42.8 Å². The SMILES string of the molecule is CO[C@@H](COc1ccccc1)CC(O)[C@H](COc1cc(F)cc(F)c1)NC(=O)c1cc(C(=O)N[C@H](C)c2ccccc2)cc(N(C)S(C)(=O)=O)c1. The van der Waals surface area contributed by atoms with Crippen LogP contribution in [0.4, 0.5) is 14.5 Å². The normalized spacial score (nSPS) is 13.7. The van der Waals surface area contributed by atoms with E-state index in [0.717, 1.165) is 28.3 Å². The second-order valence-electron chi connectivity index (χ2n) is 11.9. The quantitative estimate of drug-likeness (QED) is 0.140. The van der Waals surface area contributed by atoms with E-state index in [4.69, 9.17) is 14.2 Å². The van der Waals surface area contributed by atoms with E-state index in [1.165, 1.54) is 32.4 Å². The summed E-state index contributed by atoms with van der Waals surface area (Å²) < 4.78 is 70.5. The van der Waals surface area contributed by atoms with E-state index in [9.17, 15) is 31.9 Å². The third kappa shape index (κ3) is 11.5. The fourth-order valence-electron chi connectivity index (χ4n) is 5.02. The van der Waals surface area contributed by atoms with E-state index in [1.807, 2.05) is 36.4 Å². The van der Waals surface area contributed by atoms with Gasteiger partial charge in [0.2, 0.25) is 10.0 Å². The Bertz CT molecular complexity index is 1860. The topological polar surface area (TPSA) is 144 Å². The van der Waals surface area contributed by atoms with Gasteiger partial charge >= 0.3 is 0 Å². The summed E-state index contributed by atoms with van der Waals surface area (Å²) in [6.07, 6.45) is -1.08. The maximum Gasteiger partial charge on any atom is 0.251 e. The first-order chi connectivity index (χ1) is 24.2. The number of hydrogen-bond donors (Lipinski definition) is 3. The average molecular weight is 726 g/mol. The lowest BCUT2D eigenvalue weighted by molar-refractivity contribution is 0.0000810. The highest BCUT2D eigenvalue weighted by atomic mass is 32.2. The van der Waals surface area contributed by atoms with Crippen LogP contribution in [-0.2, 0) is 14.8 Å². The number of methoxy groups -OCH3 is 1. The van der Waals surface area contributed by atoms with E-state index in [0.29, 0.717) is 11.8 Å². The van der Waals surface area contributed by atoms with Crippen molar-refractivity contribution in [2.45, 2.75) is 37.6 Å². The highest BCUT2D eigenvalue weighted by Gasteiger charge is 2.28. The van der Waals surface area contributed by atoms with Crippen LogP contribution in [0.5, 0.6) is 11.5 Å². The molecule has 2 amide bonds. The first-order valence-electron chi connectivity index (χ1n) is 16.0. The minimum atomic E-state index is -3.81. The van der Waals surface area contributed by atoms with Gasteiger partial charge in [0.05, 0.1) is 36.2 Å². The molecule has 4 aromatic rings. The van der Waals surface area contributed by atoms with Crippen LogP contribution in [0.25, 0.3) is 0 Å². The van der Waals surface area contributed by atoms with Gasteiger partial charge < -0.3 is 30.0 Å². The minimum Gasteiger partial charge on any atom is -0.491 e. The molecule has 0 saturated carbocycles. The number of aliphatic hydroxyl groups is 1. The molecule has 1 unspecified atom stereocenters. The van der Waals surface area contributed by atoms with Crippen molar-refractivity contribution in [3.8, 4) is 11.5 Å². The maximum atomic E-state index is 13.9. The molecule has 0 aliphatic rings. The number of carbonyl (C=O) groups excluding carboxylic acids is 2. The highest BCUT2D eigenvalue weighted by Crippen LogP contribution is 2.23. The number of benzene rings is 4. The van der Waals surface area contributed by atoms with E-state index in [-0.39, 0.29) is 35.6 Å². The largest absolute Gasteiger partial charge is 0.491 e. The van der Waals surface area contributed by atoms with Crippen LogP contribution >= 0.6 is 0 Å². The number of nitrogens with zero attached hydrogens (tertiary/aromatic N) is 1. The van der Waals surface area contributed by atoms with Crippen LogP contribution in [0.3, 0.4) is 0 Å². The number of para-hydroxylation sites is 1. The lowest BCUT2D eigenvalue weighted by atomic mass is 10.0. The molecule has 0 fully saturated rings. The number of nitrogens with one attached hydrogen (secondary N) is 2. The molecule has 272 valence electrons. The Labute approximate surface area is 296 Å². The van der Waals surface area contributed by atoms with Crippen molar-refractivity contribution in [2.24, 2.45) is 0 Å². The Hall–Kier alpha value is -5.05. The molecule has 4 aromatic carbocycles. The Morgan fingerprint density at radius 2 is 1.35 bits per heavy atom. The number of halogens is 2. The number of sulfonamides is 1. The monoisotopic (exact) mass is 725 g/mol. The third-order valence-electron chi connectivity index (χ3n) is 8.01. The van der Waals surface area contributed by atoms with Crippen molar-refractivity contribution in [3.05, 3.63) is 125 Å². The van der Waals surface area contributed by atoms with Gasteiger partial charge in [-0.3, -0.25) is 13.9 Å². The van der Waals surface area contributed by atoms with Crippen LogP contribution in [0, 0.1) is 11.6 Å². The van der Waals surface area contributed by atoms with Gasteiger partial charge in [0.15, 0.2) is 0 Å². The van der Waals surface area contributed by atoms with Gasteiger partial charge in [-0.1, -0.05) is 48.5 Å². The number of carbonyl (C=O) groups is 2. The molecular weight excluding hydrogens is 684 g/mol. The van der Waals surface area contributed by atoms with Crippen molar-refractivity contribution in [3.63, 3.8) is 0 Å². The summed E-state index contributed by atoms with van der Waals surface area (Å²) >= 11 is 0. The molecule has 0 saturated heterocycles. The smallest absolute Gasteiger partial charge is 0.251 e. The first-order valence-corrected chi connectivity index (χ1v) is 17.8. The summed E-state index contributed by atoms with van der Waals surface area (Å²) in [4.78, 5) is 27.3. The molecule has 4 atom stereocenters. The number of hydrogen-bond acceptors (Lipinski definition) is 8. The Balaban J connectivity index is 1.61. The zero-order valence-electron chi connectivity index (χ0n) is 28.6. The second-order valence-corrected chi connectivity index (χ2v) is 13.9. The molecule has 0 aromatic heterocycles. The lowest BCUT2D eigenvalue weighted by Crippen LogP contribution is -2.49. The molecule has 0 aliphatic carbocycles. The van der Waals surface area contributed by atoms with Crippen LogP contribution in [0.15, 0.2) is 97.1 Å². The van der Waals surface area contributed by atoms with E-state index >= 15 is 0 Å². The van der Waals surface area contributed by atoms with Crippen LogP contribution in [-0.4, -0.2) is 77.2 Å². The predicted octanol–water partition coefficient (Wildman–Crippen LogP) is 4.87.